The third kappa shape index (κ3) is 3.02. The standard InChI is InChI=1S/C9H14ClN5/c1-14-2-4-15(5-3-14)13-9-6-8(10)11-7-12-9/h6-7H,2-5H2,1H3,(H,11,12,13). The van der Waals surface area contributed by atoms with Crippen molar-refractivity contribution in [2.75, 3.05) is 38.7 Å². The van der Waals surface area contributed by atoms with Crippen LogP contribution in [0.15, 0.2) is 12.4 Å². The van der Waals surface area contributed by atoms with Crippen LogP contribution in [0.3, 0.4) is 0 Å². The molecule has 0 unspecified atom stereocenters. The molecule has 0 spiro atoms. The highest BCUT2D eigenvalue weighted by Gasteiger charge is 2.13. The van der Waals surface area contributed by atoms with E-state index < -0.39 is 0 Å². The maximum atomic E-state index is 5.77. The van der Waals surface area contributed by atoms with Gasteiger partial charge in [-0.3, -0.25) is 0 Å². The molecule has 1 aliphatic rings. The predicted octanol–water partition coefficient (Wildman–Crippen LogP) is 0.704. The first-order valence-corrected chi connectivity index (χ1v) is 5.29. The number of likely N-dealkylation sites (N-methyl/N-ethyl adjacent to an activating group) is 1. The van der Waals surface area contributed by atoms with Crippen molar-refractivity contribution in [3.63, 3.8) is 0 Å². The zero-order valence-electron chi connectivity index (χ0n) is 8.65. The van der Waals surface area contributed by atoms with Crippen LogP contribution in [-0.2, 0) is 0 Å². The molecule has 0 aliphatic carbocycles. The van der Waals surface area contributed by atoms with Gasteiger partial charge in [0.25, 0.3) is 0 Å². The number of anilines is 1. The van der Waals surface area contributed by atoms with Gasteiger partial charge in [-0.15, -0.1) is 0 Å². The van der Waals surface area contributed by atoms with Crippen LogP contribution in [0.2, 0.25) is 5.15 Å². The second kappa shape index (κ2) is 4.74. The summed E-state index contributed by atoms with van der Waals surface area (Å²) in [7, 11) is 2.12. The van der Waals surface area contributed by atoms with Crippen LogP contribution in [0.4, 0.5) is 5.82 Å². The number of nitrogens with one attached hydrogen (secondary N) is 1. The van der Waals surface area contributed by atoms with Crippen LogP contribution in [-0.4, -0.2) is 53.1 Å². The van der Waals surface area contributed by atoms with Crippen molar-refractivity contribution in [2.45, 2.75) is 0 Å². The lowest BCUT2D eigenvalue weighted by Crippen LogP contribution is -2.47. The van der Waals surface area contributed by atoms with Crippen molar-refractivity contribution in [3.05, 3.63) is 17.5 Å². The summed E-state index contributed by atoms with van der Waals surface area (Å²) in [5.74, 6) is 0.750. The lowest BCUT2D eigenvalue weighted by molar-refractivity contribution is 0.178. The number of halogens is 1. The van der Waals surface area contributed by atoms with E-state index in [-0.39, 0.29) is 0 Å². The van der Waals surface area contributed by atoms with Crippen molar-refractivity contribution in [1.29, 1.82) is 0 Å². The van der Waals surface area contributed by atoms with Gasteiger partial charge in [0.2, 0.25) is 0 Å². The summed E-state index contributed by atoms with van der Waals surface area (Å²) < 4.78 is 0. The van der Waals surface area contributed by atoms with E-state index in [1.165, 1.54) is 6.33 Å². The third-order valence-corrected chi connectivity index (χ3v) is 2.62. The Morgan fingerprint density at radius 2 is 2.00 bits per heavy atom. The molecule has 1 fully saturated rings. The fourth-order valence-corrected chi connectivity index (χ4v) is 1.62. The van der Waals surface area contributed by atoms with Gasteiger partial charge in [0, 0.05) is 32.2 Å². The van der Waals surface area contributed by atoms with Gasteiger partial charge in [-0.05, 0) is 7.05 Å². The Morgan fingerprint density at radius 1 is 1.27 bits per heavy atom. The molecule has 1 aliphatic heterocycles. The van der Waals surface area contributed by atoms with E-state index in [0.717, 1.165) is 32.0 Å². The molecule has 1 aromatic rings. The van der Waals surface area contributed by atoms with Crippen LogP contribution in [0, 0.1) is 0 Å². The molecule has 0 bridgehead atoms. The van der Waals surface area contributed by atoms with Crippen LogP contribution in [0.1, 0.15) is 0 Å². The second-order valence-electron chi connectivity index (χ2n) is 3.63. The monoisotopic (exact) mass is 227 g/mol. The quantitative estimate of drug-likeness (QED) is 0.754. The Balaban J connectivity index is 1.92. The van der Waals surface area contributed by atoms with Crippen molar-refractivity contribution in [1.82, 2.24) is 19.9 Å². The Kier molecular flexibility index (Phi) is 3.35. The third-order valence-electron chi connectivity index (χ3n) is 2.41. The first-order valence-electron chi connectivity index (χ1n) is 4.92. The van der Waals surface area contributed by atoms with E-state index in [9.17, 15) is 0 Å². The lowest BCUT2D eigenvalue weighted by atomic mass is 10.4. The molecule has 0 aromatic carbocycles. The van der Waals surface area contributed by atoms with Crippen molar-refractivity contribution < 1.29 is 0 Å². The normalized spacial score (nSPS) is 19.1. The van der Waals surface area contributed by atoms with Gasteiger partial charge >= 0.3 is 0 Å². The maximum absolute atomic E-state index is 5.77. The van der Waals surface area contributed by atoms with Gasteiger partial charge in [-0.2, -0.15) is 0 Å². The zero-order valence-corrected chi connectivity index (χ0v) is 9.41. The summed E-state index contributed by atoms with van der Waals surface area (Å²) in [6.45, 7) is 4.09. The number of piperazine rings is 1. The number of hydrogen-bond donors (Lipinski definition) is 1. The average molecular weight is 228 g/mol. The van der Waals surface area contributed by atoms with Crippen molar-refractivity contribution >= 4 is 17.4 Å². The number of rotatable bonds is 2. The molecule has 1 N–H and O–H groups in total. The Morgan fingerprint density at radius 3 is 2.67 bits per heavy atom. The summed E-state index contributed by atoms with van der Waals surface area (Å²) in [5, 5.41) is 2.60. The summed E-state index contributed by atoms with van der Waals surface area (Å²) >= 11 is 5.77. The zero-order chi connectivity index (χ0) is 10.7. The van der Waals surface area contributed by atoms with E-state index in [1.807, 2.05) is 0 Å². The molecule has 0 atom stereocenters. The topological polar surface area (TPSA) is 44.3 Å². The molecule has 0 amide bonds. The fraction of sp³-hybridized carbons (Fsp3) is 0.556. The molecule has 0 radical (unpaired) electrons. The van der Waals surface area contributed by atoms with E-state index in [1.54, 1.807) is 6.07 Å². The second-order valence-corrected chi connectivity index (χ2v) is 4.02. The predicted molar refractivity (Wildman–Crippen MR) is 59.7 cm³/mol. The van der Waals surface area contributed by atoms with Gasteiger partial charge in [-0.1, -0.05) is 11.6 Å². The molecule has 1 saturated heterocycles. The molecule has 2 heterocycles. The van der Waals surface area contributed by atoms with Crippen LogP contribution < -0.4 is 5.43 Å². The molecule has 5 nitrogen and oxygen atoms in total. The highest BCUT2D eigenvalue weighted by Crippen LogP contribution is 2.10. The minimum atomic E-state index is 0.460. The van der Waals surface area contributed by atoms with Crippen molar-refractivity contribution in [3.8, 4) is 0 Å². The van der Waals surface area contributed by atoms with Crippen molar-refractivity contribution in [2.24, 2.45) is 0 Å². The average Bonchev–Trinajstić information content (AvgIpc) is 2.22. The number of nitrogens with zero attached hydrogens (tertiary/aromatic N) is 4. The smallest absolute Gasteiger partial charge is 0.145 e. The molecular weight excluding hydrogens is 214 g/mol. The van der Waals surface area contributed by atoms with E-state index in [2.05, 4.69) is 32.4 Å². The summed E-state index contributed by atoms with van der Waals surface area (Å²) in [6, 6.07) is 1.72. The SMILES string of the molecule is CN1CCN(Nc2cc(Cl)ncn2)CC1. The summed E-state index contributed by atoms with van der Waals surface area (Å²) in [5.41, 5.74) is 3.21. The minimum Gasteiger partial charge on any atom is -0.304 e. The molecule has 1 aromatic heterocycles. The Bertz CT molecular complexity index is 324. The molecular formula is C9H14ClN5. The molecule has 82 valence electrons. The molecule has 15 heavy (non-hydrogen) atoms. The summed E-state index contributed by atoms with van der Waals surface area (Å²) in [4.78, 5) is 10.2. The Hall–Kier alpha value is -0.910. The lowest BCUT2D eigenvalue weighted by Gasteiger charge is -2.32. The van der Waals surface area contributed by atoms with Crippen LogP contribution in [0.5, 0.6) is 0 Å². The first kappa shape index (κ1) is 10.6. The van der Waals surface area contributed by atoms with Gasteiger partial charge in [0.1, 0.15) is 17.3 Å². The van der Waals surface area contributed by atoms with Gasteiger partial charge < -0.3 is 10.3 Å². The van der Waals surface area contributed by atoms with E-state index in [0.29, 0.717) is 5.15 Å². The van der Waals surface area contributed by atoms with Gasteiger partial charge in [-0.25, -0.2) is 15.0 Å². The first-order chi connectivity index (χ1) is 7.24. The van der Waals surface area contributed by atoms with E-state index >= 15 is 0 Å². The number of hydrazine groups is 1. The molecule has 2 rings (SSSR count). The maximum Gasteiger partial charge on any atom is 0.145 e. The van der Waals surface area contributed by atoms with Crippen LogP contribution in [0.25, 0.3) is 0 Å². The summed E-state index contributed by atoms with van der Waals surface area (Å²) in [6.07, 6.45) is 1.46. The van der Waals surface area contributed by atoms with Gasteiger partial charge in [0.05, 0.1) is 0 Å². The number of hydrogen-bond acceptors (Lipinski definition) is 5. The number of aromatic nitrogens is 2. The molecule has 6 heteroatoms. The Labute approximate surface area is 94.0 Å². The van der Waals surface area contributed by atoms with Gasteiger partial charge in [0.15, 0.2) is 0 Å². The highest BCUT2D eigenvalue weighted by atomic mass is 35.5. The minimum absolute atomic E-state index is 0.460. The van der Waals surface area contributed by atoms with Crippen LogP contribution >= 0.6 is 11.6 Å². The fourth-order valence-electron chi connectivity index (χ4n) is 1.47. The largest absolute Gasteiger partial charge is 0.304 e. The highest BCUT2D eigenvalue weighted by molar-refractivity contribution is 6.29. The molecule has 0 saturated carbocycles. The van der Waals surface area contributed by atoms with E-state index in [4.69, 9.17) is 11.6 Å².